The van der Waals surface area contributed by atoms with Crippen LogP contribution in [-0.2, 0) is 0 Å². The maximum atomic E-state index is 9.67. The standard InChI is InChI=1S/C15H25N5O/c1-16-13-2-6-18-14(19-13)20-8-4-15(5-9-20)3-7-17-10-12(15)11-21/h2,6,12,17,21H,3-5,7-11H2,1H3,(H,16,18,19)/t12-/m1/s1. The number of nitrogens with zero attached hydrogens (tertiary/aromatic N) is 3. The molecule has 0 aliphatic carbocycles. The number of aliphatic hydroxyl groups is 1. The zero-order chi connectivity index (χ0) is 14.7. The summed E-state index contributed by atoms with van der Waals surface area (Å²) >= 11 is 0. The first-order valence-electron chi connectivity index (χ1n) is 7.85. The van der Waals surface area contributed by atoms with Crippen molar-refractivity contribution in [3.63, 3.8) is 0 Å². The van der Waals surface area contributed by atoms with Crippen LogP contribution in [0.15, 0.2) is 12.3 Å². The topological polar surface area (TPSA) is 73.3 Å². The lowest BCUT2D eigenvalue weighted by Gasteiger charge is -2.49. The van der Waals surface area contributed by atoms with E-state index in [2.05, 4.69) is 25.5 Å². The van der Waals surface area contributed by atoms with E-state index in [1.807, 2.05) is 13.1 Å². The summed E-state index contributed by atoms with van der Waals surface area (Å²) in [6.07, 6.45) is 5.21. The normalized spacial score (nSPS) is 25.0. The number of aliphatic hydroxyl groups excluding tert-OH is 1. The van der Waals surface area contributed by atoms with E-state index in [1.54, 1.807) is 6.20 Å². The predicted molar refractivity (Wildman–Crippen MR) is 83.5 cm³/mol. The van der Waals surface area contributed by atoms with Crippen molar-refractivity contribution in [3.05, 3.63) is 12.3 Å². The van der Waals surface area contributed by atoms with Gasteiger partial charge in [0.1, 0.15) is 5.82 Å². The van der Waals surface area contributed by atoms with E-state index in [0.29, 0.717) is 17.9 Å². The van der Waals surface area contributed by atoms with Crippen molar-refractivity contribution in [2.24, 2.45) is 11.3 Å². The Hall–Kier alpha value is -1.40. The molecule has 6 heteroatoms. The minimum absolute atomic E-state index is 0.290. The molecule has 1 aromatic rings. The van der Waals surface area contributed by atoms with Gasteiger partial charge in [-0.05, 0) is 37.3 Å². The molecule has 0 aromatic carbocycles. The Morgan fingerprint density at radius 3 is 2.95 bits per heavy atom. The lowest BCUT2D eigenvalue weighted by molar-refractivity contribution is 0.0325. The second kappa shape index (κ2) is 6.15. The van der Waals surface area contributed by atoms with Crippen LogP contribution < -0.4 is 15.5 Å². The molecular formula is C15H25N5O. The summed E-state index contributed by atoms with van der Waals surface area (Å²) < 4.78 is 0. The molecular weight excluding hydrogens is 266 g/mol. The molecule has 0 radical (unpaired) electrons. The lowest BCUT2D eigenvalue weighted by Crippen LogP contribution is -2.52. The number of aromatic nitrogens is 2. The monoisotopic (exact) mass is 291 g/mol. The maximum Gasteiger partial charge on any atom is 0.227 e. The Bertz CT molecular complexity index is 473. The van der Waals surface area contributed by atoms with Crippen LogP contribution >= 0.6 is 0 Å². The largest absolute Gasteiger partial charge is 0.396 e. The quantitative estimate of drug-likeness (QED) is 0.761. The Morgan fingerprint density at radius 1 is 1.43 bits per heavy atom. The Labute approximate surface area is 126 Å². The second-order valence-electron chi connectivity index (χ2n) is 6.17. The smallest absolute Gasteiger partial charge is 0.227 e. The Balaban J connectivity index is 1.69. The van der Waals surface area contributed by atoms with Crippen molar-refractivity contribution in [1.29, 1.82) is 0 Å². The molecule has 2 aliphatic heterocycles. The Kier molecular flexibility index (Phi) is 4.26. The molecule has 1 atom stereocenters. The minimum Gasteiger partial charge on any atom is -0.396 e. The summed E-state index contributed by atoms with van der Waals surface area (Å²) in [4.78, 5) is 11.2. The molecule has 3 N–H and O–H groups in total. The average molecular weight is 291 g/mol. The third-order valence-electron chi connectivity index (χ3n) is 5.22. The first-order chi connectivity index (χ1) is 10.3. The van der Waals surface area contributed by atoms with Gasteiger partial charge < -0.3 is 20.6 Å². The summed E-state index contributed by atoms with van der Waals surface area (Å²) in [6.45, 7) is 4.26. The van der Waals surface area contributed by atoms with E-state index in [1.165, 1.54) is 6.42 Å². The zero-order valence-electron chi connectivity index (χ0n) is 12.7. The molecule has 116 valence electrons. The molecule has 6 nitrogen and oxygen atoms in total. The summed E-state index contributed by atoms with van der Waals surface area (Å²) in [5, 5.41) is 16.1. The van der Waals surface area contributed by atoms with E-state index in [-0.39, 0.29) is 0 Å². The molecule has 1 spiro atoms. The van der Waals surface area contributed by atoms with Gasteiger partial charge in [0.25, 0.3) is 0 Å². The highest BCUT2D eigenvalue weighted by Crippen LogP contribution is 2.43. The summed E-state index contributed by atoms with van der Waals surface area (Å²) in [6, 6.07) is 1.88. The van der Waals surface area contributed by atoms with Gasteiger partial charge in [-0.25, -0.2) is 4.98 Å². The molecule has 2 aliphatic rings. The van der Waals surface area contributed by atoms with Crippen LogP contribution in [0.2, 0.25) is 0 Å². The average Bonchev–Trinajstić information content (AvgIpc) is 2.56. The molecule has 0 saturated carbocycles. The first-order valence-corrected chi connectivity index (χ1v) is 7.85. The van der Waals surface area contributed by atoms with Crippen molar-refractivity contribution < 1.29 is 5.11 Å². The van der Waals surface area contributed by atoms with Gasteiger partial charge in [0.05, 0.1) is 0 Å². The van der Waals surface area contributed by atoms with Crippen molar-refractivity contribution in [1.82, 2.24) is 15.3 Å². The van der Waals surface area contributed by atoms with E-state index >= 15 is 0 Å². The lowest BCUT2D eigenvalue weighted by atomic mass is 9.65. The fourth-order valence-corrected chi connectivity index (χ4v) is 3.74. The van der Waals surface area contributed by atoms with Crippen molar-refractivity contribution >= 4 is 11.8 Å². The van der Waals surface area contributed by atoms with Gasteiger partial charge >= 0.3 is 0 Å². The van der Waals surface area contributed by atoms with Gasteiger partial charge in [-0.3, -0.25) is 0 Å². The molecule has 2 saturated heterocycles. The van der Waals surface area contributed by atoms with E-state index < -0.39 is 0 Å². The highest BCUT2D eigenvalue weighted by atomic mass is 16.3. The first kappa shape index (κ1) is 14.5. The van der Waals surface area contributed by atoms with Crippen LogP contribution in [0, 0.1) is 11.3 Å². The molecule has 0 amide bonds. The van der Waals surface area contributed by atoms with Crippen LogP contribution in [0.1, 0.15) is 19.3 Å². The summed E-state index contributed by atoms with van der Waals surface area (Å²) in [5.41, 5.74) is 0.303. The van der Waals surface area contributed by atoms with E-state index in [4.69, 9.17) is 0 Å². The fourth-order valence-electron chi connectivity index (χ4n) is 3.74. The van der Waals surface area contributed by atoms with Crippen molar-refractivity contribution in [2.45, 2.75) is 19.3 Å². The number of hydrogen-bond acceptors (Lipinski definition) is 6. The van der Waals surface area contributed by atoms with Crippen LogP contribution in [0.3, 0.4) is 0 Å². The predicted octanol–water partition coefficient (Wildman–Crippen LogP) is 0.707. The number of piperidine rings is 2. The maximum absolute atomic E-state index is 9.67. The van der Waals surface area contributed by atoms with Gasteiger partial charge in [-0.1, -0.05) is 0 Å². The SMILES string of the molecule is CNc1ccnc(N2CCC3(CCNC[C@@H]3CO)CC2)n1. The van der Waals surface area contributed by atoms with E-state index in [9.17, 15) is 5.11 Å². The van der Waals surface area contributed by atoms with Crippen LogP contribution in [0.5, 0.6) is 0 Å². The Morgan fingerprint density at radius 2 is 2.24 bits per heavy atom. The van der Waals surface area contributed by atoms with Crippen LogP contribution in [0.4, 0.5) is 11.8 Å². The summed E-state index contributed by atoms with van der Waals surface area (Å²) in [5.74, 6) is 2.06. The third kappa shape index (κ3) is 2.82. The highest BCUT2D eigenvalue weighted by Gasteiger charge is 2.42. The van der Waals surface area contributed by atoms with Gasteiger partial charge in [0.2, 0.25) is 5.95 Å². The van der Waals surface area contributed by atoms with Crippen molar-refractivity contribution in [2.75, 3.05) is 50.1 Å². The molecule has 1 aromatic heterocycles. The molecule has 0 bridgehead atoms. The molecule has 0 unspecified atom stereocenters. The molecule has 2 fully saturated rings. The van der Waals surface area contributed by atoms with Gasteiger partial charge in [-0.2, -0.15) is 4.98 Å². The summed E-state index contributed by atoms with van der Waals surface area (Å²) in [7, 11) is 1.87. The highest BCUT2D eigenvalue weighted by molar-refractivity contribution is 5.41. The third-order valence-corrected chi connectivity index (χ3v) is 5.22. The number of anilines is 2. The molecule has 3 heterocycles. The number of nitrogens with one attached hydrogen (secondary N) is 2. The van der Waals surface area contributed by atoms with Gasteiger partial charge in [0, 0.05) is 45.4 Å². The molecule has 21 heavy (non-hydrogen) atoms. The van der Waals surface area contributed by atoms with Crippen LogP contribution in [-0.4, -0.2) is 54.9 Å². The number of rotatable bonds is 3. The zero-order valence-corrected chi connectivity index (χ0v) is 12.7. The van der Waals surface area contributed by atoms with Gasteiger partial charge in [-0.15, -0.1) is 0 Å². The second-order valence-corrected chi connectivity index (χ2v) is 6.17. The van der Waals surface area contributed by atoms with E-state index in [0.717, 1.165) is 50.8 Å². The van der Waals surface area contributed by atoms with Crippen molar-refractivity contribution in [3.8, 4) is 0 Å². The fraction of sp³-hybridized carbons (Fsp3) is 0.733. The number of hydrogen-bond donors (Lipinski definition) is 3. The van der Waals surface area contributed by atoms with Crippen LogP contribution in [0.25, 0.3) is 0 Å². The minimum atomic E-state index is 0.290. The molecule has 3 rings (SSSR count). The van der Waals surface area contributed by atoms with Gasteiger partial charge in [0.15, 0.2) is 0 Å².